The van der Waals surface area contributed by atoms with Crippen molar-refractivity contribution in [3.63, 3.8) is 0 Å². The minimum Gasteiger partial charge on any atom is -0.366 e. The summed E-state index contributed by atoms with van der Waals surface area (Å²) in [5.41, 5.74) is 7.32. The lowest BCUT2D eigenvalue weighted by molar-refractivity contribution is -0.124. The van der Waals surface area contributed by atoms with Gasteiger partial charge in [0.05, 0.1) is 10.1 Å². The molecule has 2 aromatic carbocycles. The van der Waals surface area contributed by atoms with E-state index >= 15 is 0 Å². The maximum Gasteiger partial charge on any atom is 0.248 e. The molecule has 1 saturated heterocycles. The van der Waals surface area contributed by atoms with Gasteiger partial charge in [-0.15, -0.1) is 34.4 Å². The van der Waals surface area contributed by atoms with Gasteiger partial charge in [-0.2, -0.15) is 0 Å². The number of anilines is 1. The second kappa shape index (κ2) is 12.3. The van der Waals surface area contributed by atoms with Gasteiger partial charge in [0.15, 0.2) is 0 Å². The van der Waals surface area contributed by atoms with Crippen molar-refractivity contribution in [2.75, 3.05) is 11.4 Å². The molecule has 0 spiro atoms. The summed E-state index contributed by atoms with van der Waals surface area (Å²) in [6, 6.07) is 24.4. The second-order valence-electron chi connectivity index (χ2n) is 8.80. The third kappa shape index (κ3) is 6.60. The van der Waals surface area contributed by atoms with Crippen LogP contribution >= 0.6 is 34.4 Å². The molecule has 0 aliphatic carbocycles. The van der Waals surface area contributed by atoms with Crippen molar-refractivity contribution in [2.24, 2.45) is 5.73 Å². The molecule has 4 aromatic rings. The highest BCUT2D eigenvalue weighted by Gasteiger charge is 2.43. The maximum absolute atomic E-state index is 13.7. The van der Waals surface area contributed by atoms with Gasteiger partial charge in [0.25, 0.3) is 0 Å². The largest absolute Gasteiger partial charge is 0.366 e. The predicted molar refractivity (Wildman–Crippen MR) is 159 cm³/mol. The van der Waals surface area contributed by atoms with E-state index in [0.29, 0.717) is 17.8 Å². The van der Waals surface area contributed by atoms with E-state index in [2.05, 4.69) is 17.2 Å². The molecule has 0 radical (unpaired) electrons. The van der Waals surface area contributed by atoms with E-state index in [1.54, 1.807) is 40.5 Å². The summed E-state index contributed by atoms with van der Waals surface area (Å²) < 4.78 is 0. The van der Waals surface area contributed by atoms with Crippen LogP contribution < -0.4 is 16.0 Å². The Kier molecular flexibility index (Phi) is 8.47. The third-order valence-corrected chi connectivity index (χ3v) is 9.63. The first-order valence-corrected chi connectivity index (χ1v) is 15.0. The molecule has 39 heavy (non-hydrogen) atoms. The molecule has 3 amide bonds. The molecular formula is C30H25N3O3S3. The van der Waals surface area contributed by atoms with E-state index < -0.39 is 11.2 Å². The molecule has 0 bridgehead atoms. The van der Waals surface area contributed by atoms with Gasteiger partial charge >= 0.3 is 0 Å². The Morgan fingerprint density at radius 1 is 0.974 bits per heavy atom. The van der Waals surface area contributed by atoms with Crippen LogP contribution in [0.3, 0.4) is 0 Å². The molecule has 1 aliphatic heterocycles. The Bertz CT molecular complexity index is 1540. The van der Waals surface area contributed by atoms with Gasteiger partial charge in [0.2, 0.25) is 17.7 Å². The van der Waals surface area contributed by atoms with E-state index in [0.717, 1.165) is 21.7 Å². The summed E-state index contributed by atoms with van der Waals surface area (Å²) in [6.07, 6.45) is 0.828. The predicted octanol–water partition coefficient (Wildman–Crippen LogP) is 5.20. The normalized spacial score (nSPS) is 16.5. The van der Waals surface area contributed by atoms with E-state index in [9.17, 15) is 14.4 Å². The van der Waals surface area contributed by atoms with Crippen molar-refractivity contribution in [1.29, 1.82) is 0 Å². The number of hydrogen-bond donors (Lipinski definition) is 2. The van der Waals surface area contributed by atoms with Crippen molar-refractivity contribution < 1.29 is 14.4 Å². The zero-order chi connectivity index (χ0) is 27.2. The monoisotopic (exact) mass is 571 g/mol. The van der Waals surface area contributed by atoms with Crippen LogP contribution in [0.2, 0.25) is 0 Å². The highest BCUT2D eigenvalue weighted by molar-refractivity contribution is 8.01. The lowest BCUT2D eigenvalue weighted by atomic mass is 10.1. The van der Waals surface area contributed by atoms with Crippen molar-refractivity contribution in [1.82, 2.24) is 5.32 Å². The molecule has 9 heteroatoms. The molecule has 2 aromatic heterocycles. The fourth-order valence-corrected chi connectivity index (χ4v) is 7.38. The summed E-state index contributed by atoms with van der Waals surface area (Å²) in [6.45, 7) is 0.521. The fourth-order valence-electron chi connectivity index (χ4n) is 4.18. The standard InChI is InChI=1S/C30H25N3O3S3/c31-28(35)21-8-4-9-22(18-21)33-29(36)26(19-27(34)32-16-15-23-10-5-17-37-23)39-30(33)25-14-13-24(38-25)12-11-20-6-2-1-3-7-20/h1-10,13-14,17-18,26,30H,15-16,19H2,(H2,31,35)(H,32,34). The van der Waals surface area contributed by atoms with Crippen LogP contribution in [0.5, 0.6) is 0 Å². The minimum absolute atomic E-state index is 0.0719. The van der Waals surface area contributed by atoms with Gasteiger partial charge in [0.1, 0.15) is 5.37 Å². The van der Waals surface area contributed by atoms with Crippen LogP contribution in [0, 0.1) is 11.8 Å². The van der Waals surface area contributed by atoms with Crippen LogP contribution in [0.15, 0.2) is 84.2 Å². The van der Waals surface area contributed by atoms with E-state index in [-0.39, 0.29) is 23.6 Å². The van der Waals surface area contributed by atoms with Gasteiger partial charge in [0, 0.05) is 39.5 Å². The molecule has 1 aliphatic rings. The quantitative estimate of drug-likeness (QED) is 0.284. The summed E-state index contributed by atoms with van der Waals surface area (Å²) in [7, 11) is 0. The maximum atomic E-state index is 13.7. The number of amides is 3. The Balaban J connectivity index is 1.36. The molecule has 0 saturated carbocycles. The topological polar surface area (TPSA) is 92.5 Å². The van der Waals surface area contributed by atoms with Gasteiger partial charge in [-0.05, 0) is 60.3 Å². The zero-order valence-corrected chi connectivity index (χ0v) is 23.3. The summed E-state index contributed by atoms with van der Waals surface area (Å²) in [5, 5.41) is 4.04. The average Bonchev–Trinajstić information content (AvgIpc) is 3.70. The number of primary amides is 1. The number of thioether (sulfide) groups is 1. The molecule has 2 unspecified atom stereocenters. The fraction of sp³-hybridized carbons (Fsp3) is 0.167. The van der Waals surface area contributed by atoms with Crippen molar-refractivity contribution in [3.05, 3.63) is 110 Å². The van der Waals surface area contributed by atoms with E-state index in [4.69, 9.17) is 5.73 Å². The van der Waals surface area contributed by atoms with Gasteiger partial charge in [-0.1, -0.05) is 42.2 Å². The molecular weight excluding hydrogens is 547 g/mol. The first-order chi connectivity index (χ1) is 19.0. The number of hydrogen-bond acceptors (Lipinski definition) is 6. The van der Waals surface area contributed by atoms with Gasteiger partial charge in [-0.3, -0.25) is 19.3 Å². The lowest BCUT2D eigenvalue weighted by Crippen LogP contribution is -2.34. The third-order valence-electron chi connectivity index (χ3n) is 6.07. The zero-order valence-electron chi connectivity index (χ0n) is 20.8. The van der Waals surface area contributed by atoms with E-state index in [1.807, 2.05) is 60.0 Å². The Morgan fingerprint density at radius 2 is 1.82 bits per heavy atom. The number of carbonyl (C=O) groups excluding carboxylic acids is 3. The molecule has 2 atom stereocenters. The summed E-state index contributed by atoms with van der Waals surface area (Å²) in [5.74, 6) is 5.47. The van der Waals surface area contributed by atoms with Crippen molar-refractivity contribution >= 4 is 57.8 Å². The van der Waals surface area contributed by atoms with Gasteiger partial charge < -0.3 is 11.1 Å². The first kappa shape index (κ1) is 26.8. The average molecular weight is 572 g/mol. The van der Waals surface area contributed by atoms with Gasteiger partial charge in [-0.25, -0.2) is 0 Å². The summed E-state index contributed by atoms with van der Waals surface area (Å²) in [4.78, 5) is 43.0. The Labute approximate surface area is 239 Å². The van der Waals surface area contributed by atoms with Crippen LogP contribution in [-0.2, 0) is 16.0 Å². The van der Waals surface area contributed by atoms with Crippen LogP contribution in [0.25, 0.3) is 0 Å². The number of benzene rings is 2. The SMILES string of the molecule is NC(=O)c1cccc(N2C(=O)C(CC(=O)NCCc3cccs3)SC2c2ccc(C#Cc3ccccc3)s2)c1. The number of carbonyl (C=O) groups is 3. The molecule has 196 valence electrons. The smallest absolute Gasteiger partial charge is 0.248 e. The lowest BCUT2D eigenvalue weighted by Gasteiger charge is -2.23. The molecule has 6 nitrogen and oxygen atoms in total. The molecule has 5 rings (SSSR count). The number of nitrogens with zero attached hydrogens (tertiary/aromatic N) is 1. The van der Waals surface area contributed by atoms with Crippen LogP contribution in [0.1, 0.15) is 42.3 Å². The number of nitrogens with one attached hydrogen (secondary N) is 1. The molecule has 1 fully saturated rings. The van der Waals surface area contributed by atoms with Crippen molar-refractivity contribution in [2.45, 2.75) is 23.5 Å². The highest BCUT2D eigenvalue weighted by Crippen LogP contribution is 2.48. The first-order valence-electron chi connectivity index (χ1n) is 12.3. The van der Waals surface area contributed by atoms with Crippen LogP contribution in [0.4, 0.5) is 5.69 Å². The van der Waals surface area contributed by atoms with Crippen LogP contribution in [-0.4, -0.2) is 29.5 Å². The molecule has 3 heterocycles. The Hall–Kier alpha value is -3.84. The number of nitrogens with two attached hydrogens (primary N) is 1. The van der Waals surface area contributed by atoms with Crippen molar-refractivity contribution in [3.8, 4) is 11.8 Å². The number of rotatable bonds is 8. The van der Waals surface area contributed by atoms with E-state index in [1.165, 1.54) is 28.0 Å². The summed E-state index contributed by atoms with van der Waals surface area (Å²) >= 11 is 4.61. The highest BCUT2D eigenvalue weighted by atomic mass is 32.2. The second-order valence-corrected chi connectivity index (χ2v) is 12.2. The minimum atomic E-state index is -0.566. The Morgan fingerprint density at radius 3 is 2.59 bits per heavy atom. The molecule has 3 N–H and O–H groups in total. The number of thiophene rings is 2.